The molecule has 0 atom stereocenters. The molecule has 3 aromatic rings. The third-order valence-corrected chi connectivity index (χ3v) is 2.92. The van der Waals surface area contributed by atoms with Gasteiger partial charge in [0, 0.05) is 6.20 Å². The van der Waals surface area contributed by atoms with Crippen molar-refractivity contribution in [1.82, 2.24) is 10.2 Å². The maximum atomic E-state index is 5.78. The average molecular weight is 250 g/mol. The van der Waals surface area contributed by atoms with Crippen molar-refractivity contribution in [3.63, 3.8) is 0 Å². The van der Waals surface area contributed by atoms with Gasteiger partial charge in [-0.25, -0.2) is 0 Å². The molecule has 0 fully saturated rings. The van der Waals surface area contributed by atoms with Crippen molar-refractivity contribution in [3.05, 3.63) is 66.4 Å². The molecule has 0 amide bonds. The van der Waals surface area contributed by atoms with Gasteiger partial charge in [-0.05, 0) is 55.0 Å². The molecule has 2 aromatic carbocycles. The standard InChI is InChI=1S/C16H14N2O/c1-12-2-6-14(7-3-12)19-15-8-4-13(5-9-15)16-10-11-17-18-16/h2-11H,1H3,(H,17,18). The van der Waals surface area contributed by atoms with Crippen LogP contribution in [0.3, 0.4) is 0 Å². The monoisotopic (exact) mass is 250 g/mol. The van der Waals surface area contributed by atoms with Crippen molar-refractivity contribution >= 4 is 0 Å². The Morgan fingerprint density at radius 2 is 1.47 bits per heavy atom. The summed E-state index contributed by atoms with van der Waals surface area (Å²) in [7, 11) is 0. The van der Waals surface area contributed by atoms with Gasteiger partial charge in [0.2, 0.25) is 0 Å². The Morgan fingerprint density at radius 3 is 2.05 bits per heavy atom. The van der Waals surface area contributed by atoms with E-state index >= 15 is 0 Å². The topological polar surface area (TPSA) is 37.9 Å². The van der Waals surface area contributed by atoms with Crippen molar-refractivity contribution < 1.29 is 4.74 Å². The first kappa shape index (κ1) is 11.5. The first-order valence-electron chi connectivity index (χ1n) is 6.15. The van der Waals surface area contributed by atoms with Gasteiger partial charge in [-0.15, -0.1) is 0 Å². The number of hydrogen-bond donors (Lipinski definition) is 1. The van der Waals surface area contributed by atoms with Crippen LogP contribution in [-0.2, 0) is 0 Å². The number of rotatable bonds is 3. The Labute approximate surface area is 111 Å². The summed E-state index contributed by atoms with van der Waals surface area (Å²) < 4.78 is 5.78. The highest BCUT2D eigenvalue weighted by atomic mass is 16.5. The number of aryl methyl sites for hydroxylation is 1. The first-order chi connectivity index (χ1) is 9.31. The van der Waals surface area contributed by atoms with E-state index in [0.29, 0.717) is 0 Å². The SMILES string of the molecule is Cc1ccc(Oc2ccc(-c3ccn[nH]3)cc2)cc1. The lowest BCUT2D eigenvalue weighted by molar-refractivity contribution is 0.482. The van der Waals surface area contributed by atoms with E-state index in [0.717, 1.165) is 22.8 Å². The molecule has 0 aliphatic rings. The Morgan fingerprint density at radius 1 is 0.842 bits per heavy atom. The Balaban J connectivity index is 1.77. The molecule has 0 aliphatic heterocycles. The smallest absolute Gasteiger partial charge is 0.127 e. The van der Waals surface area contributed by atoms with E-state index < -0.39 is 0 Å². The Kier molecular flexibility index (Phi) is 3.02. The van der Waals surface area contributed by atoms with Gasteiger partial charge in [-0.3, -0.25) is 5.10 Å². The molecule has 0 saturated heterocycles. The molecule has 1 N–H and O–H groups in total. The van der Waals surface area contributed by atoms with Crippen LogP contribution in [0, 0.1) is 6.92 Å². The summed E-state index contributed by atoms with van der Waals surface area (Å²) in [5.74, 6) is 1.67. The molecule has 1 aromatic heterocycles. The number of nitrogens with zero attached hydrogens (tertiary/aromatic N) is 1. The normalized spacial score (nSPS) is 10.4. The number of nitrogens with one attached hydrogen (secondary N) is 1. The van der Waals surface area contributed by atoms with Crippen LogP contribution < -0.4 is 4.74 Å². The molecule has 3 rings (SSSR count). The number of H-pyrrole nitrogens is 1. The second kappa shape index (κ2) is 4.98. The molecular formula is C16H14N2O. The fraction of sp³-hybridized carbons (Fsp3) is 0.0625. The molecule has 0 radical (unpaired) electrons. The lowest BCUT2D eigenvalue weighted by Gasteiger charge is -2.06. The maximum Gasteiger partial charge on any atom is 0.127 e. The maximum absolute atomic E-state index is 5.78. The van der Waals surface area contributed by atoms with E-state index in [2.05, 4.69) is 17.1 Å². The minimum atomic E-state index is 0.826. The van der Waals surface area contributed by atoms with E-state index in [-0.39, 0.29) is 0 Å². The zero-order valence-corrected chi connectivity index (χ0v) is 10.6. The van der Waals surface area contributed by atoms with Gasteiger partial charge in [-0.1, -0.05) is 17.7 Å². The molecule has 0 aliphatic carbocycles. The van der Waals surface area contributed by atoms with Crippen molar-refractivity contribution in [1.29, 1.82) is 0 Å². The van der Waals surface area contributed by atoms with Crippen LogP contribution in [0.2, 0.25) is 0 Å². The molecular weight excluding hydrogens is 236 g/mol. The minimum absolute atomic E-state index is 0.826. The van der Waals surface area contributed by atoms with Crippen molar-refractivity contribution in [2.75, 3.05) is 0 Å². The predicted octanol–water partition coefficient (Wildman–Crippen LogP) is 4.18. The summed E-state index contributed by atoms with van der Waals surface area (Å²) >= 11 is 0. The molecule has 0 spiro atoms. The highest BCUT2D eigenvalue weighted by Crippen LogP contribution is 2.24. The Bertz CT molecular complexity index is 640. The van der Waals surface area contributed by atoms with Gasteiger partial charge >= 0.3 is 0 Å². The summed E-state index contributed by atoms with van der Waals surface area (Å²) in [4.78, 5) is 0. The van der Waals surface area contributed by atoms with Crippen LogP contribution in [0.4, 0.5) is 0 Å². The highest BCUT2D eigenvalue weighted by molar-refractivity contribution is 5.59. The molecule has 0 bridgehead atoms. The lowest BCUT2D eigenvalue weighted by Crippen LogP contribution is -1.85. The van der Waals surface area contributed by atoms with Gasteiger partial charge in [0.05, 0.1) is 5.69 Å². The fourth-order valence-corrected chi connectivity index (χ4v) is 1.86. The van der Waals surface area contributed by atoms with Crippen molar-refractivity contribution in [3.8, 4) is 22.8 Å². The number of hydrogen-bond acceptors (Lipinski definition) is 2. The summed E-state index contributed by atoms with van der Waals surface area (Å²) in [6.45, 7) is 2.06. The predicted molar refractivity (Wildman–Crippen MR) is 75.3 cm³/mol. The third-order valence-electron chi connectivity index (χ3n) is 2.92. The summed E-state index contributed by atoms with van der Waals surface area (Å²) in [5.41, 5.74) is 3.32. The second-order valence-electron chi connectivity index (χ2n) is 4.41. The third kappa shape index (κ3) is 2.65. The van der Waals surface area contributed by atoms with Crippen LogP contribution in [0.25, 0.3) is 11.3 Å². The Hall–Kier alpha value is -2.55. The molecule has 3 heteroatoms. The minimum Gasteiger partial charge on any atom is -0.457 e. The van der Waals surface area contributed by atoms with Crippen molar-refractivity contribution in [2.45, 2.75) is 6.92 Å². The zero-order valence-electron chi connectivity index (χ0n) is 10.6. The van der Waals surface area contributed by atoms with E-state index in [1.165, 1.54) is 5.56 Å². The van der Waals surface area contributed by atoms with Gasteiger partial charge in [-0.2, -0.15) is 5.10 Å². The molecule has 19 heavy (non-hydrogen) atoms. The van der Waals surface area contributed by atoms with E-state index in [4.69, 9.17) is 4.74 Å². The second-order valence-corrected chi connectivity index (χ2v) is 4.41. The van der Waals surface area contributed by atoms with Crippen molar-refractivity contribution in [2.24, 2.45) is 0 Å². The summed E-state index contributed by atoms with van der Waals surface area (Å²) in [6.07, 6.45) is 1.74. The van der Waals surface area contributed by atoms with Gasteiger partial charge < -0.3 is 4.74 Å². The average Bonchev–Trinajstić information content (AvgIpc) is 2.96. The largest absolute Gasteiger partial charge is 0.457 e. The molecule has 0 saturated carbocycles. The lowest BCUT2D eigenvalue weighted by atomic mass is 10.1. The van der Waals surface area contributed by atoms with Gasteiger partial charge in [0.1, 0.15) is 11.5 Å². The zero-order chi connectivity index (χ0) is 13.1. The number of aromatic amines is 1. The fourth-order valence-electron chi connectivity index (χ4n) is 1.86. The first-order valence-corrected chi connectivity index (χ1v) is 6.15. The van der Waals surface area contributed by atoms with E-state index in [1.807, 2.05) is 54.6 Å². The molecule has 94 valence electrons. The van der Waals surface area contributed by atoms with Crippen LogP contribution in [-0.4, -0.2) is 10.2 Å². The van der Waals surface area contributed by atoms with E-state index in [9.17, 15) is 0 Å². The van der Waals surface area contributed by atoms with Crippen LogP contribution >= 0.6 is 0 Å². The van der Waals surface area contributed by atoms with Crippen LogP contribution in [0.1, 0.15) is 5.56 Å². The van der Waals surface area contributed by atoms with Gasteiger partial charge in [0.25, 0.3) is 0 Å². The molecule has 1 heterocycles. The van der Waals surface area contributed by atoms with Crippen LogP contribution in [0.5, 0.6) is 11.5 Å². The highest BCUT2D eigenvalue weighted by Gasteiger charge is 2.00. The molecule has 0 unspecified atom stereocenters. The number of ether oxygens (including phenoxy) is 1. The summed E-state index contributed by atoms with van der Waals surface area (Å²) in [5, 5.41) is 6.88. The number of benzene rings is 2. The quantitative estimate of drug-likeness (QED) is 0.757. The van der Waals surface area contributed by atoms with E-state index in [1.54, 1.807) is 6.20 Å². The summed E-state index contributed by atoms with van der Waals surface area (Å²) in [6, 6.07) is 17.9. The molecule has 3 nitrogen and oxygen atoms in total. The van der Waals surface area contributed by atoms with Gasteiger partial charge in [0.15, 0.2) is 0 Å². The number of aromatic nitrogens is 2. The van der Waals surface area contributed by atoms with Crippen LogP contribution in [0.15, 0.2) is 60.8 Å².